The smallest absolute Gasteiger partial charge is 0.235 e. The van der Waals surface area contributed by atoms with Crippen molar-refractivity contribution in [2.24, 2.45) is 4.99 Å². The first kappa shape index (κ1) is 10.6. The molecule has 0 bridgehead atoms. The number of aliphatic imine (C=N–C) groups is 1. The molecule has 0 unspecified atom stereocenters. The molecule has 0 radical (unpaired) electrons. The number of hydrogen-bond donors (Lipinski definition) is 0. The first-order valence-electron chi connectivity index (χ1n) is 5.77. The van der Waals surface area contributed by atoms with Crippen molar-refractivity contribution in [3.8, 4) is 0 Å². The highest BCUT2D eigenvalue weighted by atomic mass is 32.1. The van der Waals surface area contributed by atoms with E-state index in [1.54, 1.807) is 17.4 Å². The van der Waals surface area contributed by atoms with Gasteiger partial charge in [-0.3, -0.25) is 0 Å². The van der Waals surface area contributed by atoms with Gasteiger partial charge in [-0.1, -0.05) is 18.9 Å². The molecule has 1 aliphatic rings. The molecule has 3 nitrogen and oxygen atoms in total. The van der Waals surface area contributed by atoms with Crippen molar-refractivity contribution in [2.45, 2.75) is 31.2 Å². The maximum Gasteiger partial charge on any atom is 0.235 e. The zero-order valence-corrected chi connectivity index (χ0v) is 10.2. The van der Waals surface area contributed by atoms with Crippen molar-refractivity contribution in [2.75, 3.05) is 0 Å². The number of rotatable bonds is 2. The van der Waals surface area contributed by atoms with Crippen molar-refractivity contribution < 1.29 is 4.79 Å². The third kappa shape index (κ3) is 1.70. The lowest BCUT2D eigenvalue weighted by atomic mass is 9.89. The summed E-state index contributed by atoms with van der Waals surface area (Å²) < 4.78 is 1.16. The van der Waals surface area contributed by atoms with Gasteiger partial charge in [0.2, 0.25) is 6.08 Å². The monoisotopic (exact) mass is 244 g/mol. The van der Waals surface area contributed by atoms with Crippen LogP contribution in [0.5, 0.6) is 0 Å². The average molecular weight is 244 g/mol. The van der Waals surface area contributed by atoms with Crippen LogP contribution in [0.2, 0.25) is 0 Å². The minimum absolute atomic E-state index is 0.320. The number of isocyanates is 1. The summed E-state index contributed by atoms with van der Waals surface area (Å²) in [6.07, 6.45) is 5.92. The third-order valence-corrected chi connectivity index (χ3v) is 4.35. The molecule has 1 fully saturated rings. The minimum atomic E-state index is -0.320. The first-order valence-corrected chi connectivity index (χ1v) is 6.65. The Balaban J connectivity index is 2.14. The van der Waals surface area contributed by atoms with Crippen LogP contribution in [0.4, 0.5) is 0 Å². The lowest BCUT2D eigenvalue weighted by Gasteiger charge is -2.22. The van der Waals surface area contributed by atoms with E-state index in [0.717, 1.165) is 41.5 Å². The van der Waals surface area contributed by atoms with Crippen molar-refractivity contribution in [3.63, 3.8) is 0 Å². The van der Waals surface area contributed by atoms with Gasteiger partial charge < -0.3 is 0 Å². The number of fused-ring (bicyclic) bond motifs is 1. The molecule has 0 atom stereocenters. The van der Waals surface area contributed by atoms with E-state index in [0.29, 0.717) is 0 Å². The molecule has 1 aromatic carbocycles. The Labute approximate surface area is 103 Å². The number of thiazole rings is 1. The van der Waals surface area contributed by atoms with Crippen LogP contribution in [0.1, 0.15) is 31.2 Å². The van der Waals surface area contributed by atoms with Crippen molar-refractivity contribution in [3.05, 3.63) is 29.3 Å². The van der Waals surface area contributed by atoms with Gasteiger partial charge in [-0.05, 0) is 30.5 Å². The fraction of sp³-hybridized carbons (Fsp3) is 0.385. The quantitative estimate of drug-likeness (QED) is 0.600. The molecule has 1 aliphatic carbocycles. The van der Waals surface area contributed by atoms with E-state index in [4.69, 9.17) is 0 Å². The van der Waals surface area contributed by atoms with Gasteiger partial charge in [0.05, 0.1) is 21.3 Å². The highest BCUT2D eigenvalue weighted by Crippen LogP contribution is 2.42. The highest BCUT2D eigenvalue weighted by Gasteiger charge is 2.35. The fourth-order valence-electron chi connectivity index (χ4n) is 2.66. The van der Waals surface area contributed by atoms with Crippen molar-refractivity contribution >= 4 is 27.6 Å². The van der Waals surface area contributed by atoms with Crippen LogP contribution in [0, 0.1) is 0 Å². The SMILES string of the molecule is O=C=NC1(c2ccc3ncsc3c2)CCCC1. The van der Waals surface area contributed by atoms with Crippen LogP contribution in [0.3, 0.4) is 0 Å². The molecule has 1 heterocycles. The molecular weight excluding hydrogens is 232 g/mol. The molecule has 17 heavy (non-hydrogen) atoms. The van der Waals surface area contributed by atoms with Gasteiger partial charge in [0.15, 0.2) is 0 Å². The Kier molecular flexibility index (Phi) is 2.54. The summed E-state index contributed by atoms with van der Waals surface area (Å²) in [5, 5.41) is 0. The largest absolute Gasteiger partial charge is 0.245 e. The van der Waals surface area contributed by atoms with Crippen LogP contribution in [0.25, 0.3) is 10.2 Å². The highest BCUT2D eigenvalue weighted by molar-refractivity contribution is 7.16. The summed E-state index contributed by atoms with van der Waals surface area (Å²) in [5.74, 6) is 0. The molecule has 1 saturated carbocycles. The Morgan fingerprint density at radius 2 is 2.18 bits per heavy atom. The second-order valence-electron chi connectivity index (χ2n) is 4.48. The maximum absolute atomic E-state index is 10.7. The summed E-state index contributed by atoms with van der Waals surface area (Å²) >= 11 is 1.63. The molecule has 2 aromatic rings. The van der Waals surface area contributed by atoms with E-state index < -0.39 is 0 Å². The van der Waals surface area contributed by atoms with E-state index in [-0.39, 0.29) is 5.54 Å². The van der Waals surface area contributed by atoms with E-state index in [9.17, 15) is 4.79 Å². The second-order valence-corrected chi connectivity index (χ2v) is 5.36. The lowest BCUT2D eigenvalue weighted by Crippen LogP contribution is -2.18. The maximum atomic E-state index is 10.7. The summed E-state index contributed by atoms with van der Waals surface area (Å²) in [7, 11) is 0. The summed E-state index contributed by atoms with van der Waals surface area (Å²) in [6, 6.07) is 6.19. The normalized spacial score (nSPS) is 18.1. The Morgan fingerprint density at radius 1 is 1.35 bits per heavy atom. The van der Waals surface area contributed by atoms with Crippen LogP contribution >= 0.6 is 11.3 Å². The molecule has 0 spiro atoms. The minimum Gasteiger partial charge on any atom is -0.245 e. The predicted octanol–water partition coefficient (Wildman–Crippen LogP) is 3.40. The third-order valence-electron chi connectivity index (χ3n) is 3.56. The number of carbonyl (C=O) groups excluding carboxylic acids is 1. The lowest BCUT2D eigenvalue weighted by molar-refractivity contribution is 0.456. The van der Waals surface area contributed by atoms with Crippen molar-refractivity contribution in [1.82, 2.24) is 4.98 Å². The van der Waals surface area contributed by atoms with Gasteiger partial charge >= 0.3 is 0 Å². The van der Waals surface area contributed by atoms with Crippen LogP contribution in [-0.2, 0) is 10.3 Å². The molecular formula is C13H12N2OS. The molecule has 4 heteroatoms. The first-order chi connectivity index (χ1) is 8.34. The molecule has 86 valence electrons. The predicted molar refractivity (Wildman–Crippen MR) is 67.9 cm³/mol. The summed E-state index contributed by atoms with van der Waals surface area (Å²) in [5.41, 5.74) is 3.68. The van der Waals surface area contributed by atoms with E-state index in [1.165, 1.54) is 0 Å². The van der Waals surface area contributed by atoms with Gasteiger partial charge in [0.25, 0.3) is 0 Å². The van der Waals surface area contributed by atoms with E-state index in [2.05, 4.69) is 16.0 Å². The Morgan fingerprint density at radius 3 is 2.94 bits per heavy atom. The number of aromatic nitrogens is 1. The molecule has 0 saturated heterocycles. The Bertz CT molecular complexity index is 592. The van der Waals surface area contributed by atoms with Crippen LogP contribution in [-0.4, -0.2) is 11.1 Å². The van der Waals surface area contributed by atoms with Gasteiger partial charge in [0, 0.05) is 0 Å². The van der Waals surface area contributed by atoms with Gasteiger partial charge in [0.1, 0.15) is 0 Å². The standard InChI is InChI=1S/C13H12N2OS/c16-8-15-13(5-1-2-6-13)10-3-4-11-12(7-10)17-9-14-11/h3-4,7,9H,1-2,5-6H2. The van der Waals surface area contributed by atoms with Crippen molar-refractivity contribution in [1.29, 1.82) is 0 Å². The van der Waals surface area contributed by atoms with E-state index in [1.807, 2.05) is 17.6 Å². The van der Waals surface area contributed by atoms with Crippen LogP contribution in [0.15, 0.2) is 28.7 Å². The van der Waals surface area contributed by atoms with Gasteiger partial charge in [-0.2, -0.15) is 4.99 Å². The zero-order chi connectivity index (χ0) is 11.7. The summed E-state index contributed by atoms with van der Waals surface area (Å²) in [4.78, 5) is 19.0. The molecule has 1 aromatic heterocycles. The van der Waals surface area contributed by atoms with Gasteiger partial charge in [-0.25, -0.2) is 9.78 Å². The summed E-state index contributed by atoms with van der Waals surface area (Å²) in [6.45, 7) is 0. The number of hydrogen-bond acceptors (Lipinski definition) is 4. The average Bonchev–Trinajstić information content (AvgIpc) is 2.96. The zero-order valence-electron chi connectivity index (χ0n) is 9.35. The fourth-order valence-corrected chi connectivity index (χ4v) is 3.37. The Hall–Kier alpha value is -1.51. The molecule has 0 amide bonds. The number of nitrogens with zero attached hydrogens (tertiary/aromatic N) is 2. The van der Waals surface area contributed by atoms with E-state index >= 15 is 0 Å². The number of benzene rings is 1. The van der Waals surface area contributed by atoms with Gasteiger partial charge in [-0.15, -0.1) is 11.3 Å². The molecule has 0 N–H and O–H groups in total. The van der Waals surface area contributed by atoms with Crippen LogP contribution < -0.4 is 0 Å². The second kappa shape index (κ2) is 4.06. The molecule has 0 aliphatic heterocycles. The molecule has 3 rings (SSSR count). The topological polar surface area (TPSA) is 42.3 Å².